The SMILES string of the molecule is CC1CC(n2c(Cl)nnc2C(C)(C)C)CCO1. The van der Waals surface area contributed by atoms with Crippen molar-refractivity contribution < 1.29 is 4.74 Å². The highest BCUT2D eigenvalue weighted by molar-refractivity contribution is 6.28. The molecule has 1 aliphatic heterocycles. The van der Waals surface area contributed by atoms with Gasteiger partial charge in [0.15, 0.2) is 0 Å². The summed E-state index contributed by atoms with van der Waals surface area (Å²) in [6.07, 6.45) is 2.23. The second-order valence-corrected chi connectivity index (χ2v) is 6.11. The van der Waals surface area contributed by atoms with Crippen molar-refractivity contribution in [2.45, 2.75) is 58.1 Å². The molecule has 0 spiro atoms. The zero-order chi connectivity index (χ0) is 12.6. The van der Waals surface area contributed by atoms with Gasteiger partial charge in [-0.3, -0.25) is 4.57 Å². The average molecular weight is 258 g/mol. The second-order valence-electron chi connectivity index (χ2n) is 5.77. The zero-order valence-corrected chi connectivity index (χ0v) is 11.7. The van der Waals surface area contributed by atoms with Gasteiger partial charge in [-0.2, -0.15) is 0 Å². The lowest BCUT2D eigenvalue weighted by Crippen LogP contribution is -2.29. The van der Waals surface area contributed by atoms with Crippen LogP contribution in [0.1, 0.15) is 52.4 Å². The van der Waals surface area contributed by atoms with Gasteiger partial charge in [0.2, 0.25) is 5.28 Å². The van der Waals surface area contributed by atoms with E-state index in [1.165, 1.54) is 0 Å². The van der Waals surface area contributed by atoms with Gasteiger partial charge in [-0.25, -0.2) is 0 Å². The number of ether oxygens (including phenoxy) is 1. The fraction of sp³-hybridized carbons (Fsp3) is 0.833. The third-order valence-electron chi connectivity index (χ3n) is 3.15. The molecular weight excluding hydrogens is 238 g/mol. The Morgan fingerprint density at radius 3 is 2.65 bits per heavy atom. The van der Waals surface area contributed by atoms with E-state index >= 15 is 0 Å². The van der Waals surface area contributed by atoms with Gasteiger partial charge in [0.25, 0.3) is 0 Å². The molecule has 5 heteroatoms. The summed E-state index contributed by atoms with van der Waals surface area (Å²) >= 11 is 6.18. The molecular formula is C12H20ClN3O. The first kappa shape index (κ1) is 12.8. The molecule has 0 N–H and O–H groups in total. The fourth-order valence-corrected chi connectivity index (χ4v) is 2.57. The van der Waals surface area contributed by atoms with Gasteiger partial charge in [-0.05, 0) is 31.4 Å². The predicted molar refractivity (Wildman–Crippen MR) is 67.4 cm³/mol. The molecule has 0 radical (unpaired) electrons. The molecule has 1 fully saturated rings. The van der Waals surface area contributed by atoms with Crippen molar-refractivity contribution in [2.24, 2.45) is 0 Å². The van der Waals surface area contributed by atoms with Crippen LogP contribution in [0.2, 0.25) is 5.28 Å². The van der Waals surface area contributed by atoms with Crippen molar-refractivity contribution in [3.8, 4) is 0 Å². The van der Waals surface area contributed by atoms with E-state index in [2.05, 4.69) is 42.5 Å². The lowest BCUT2D eigenvalue weighted by molar-refractivity contribution is 0.00496. The lowest BCUT2D eigenvalue weighted by atomic mass is 9.94. The normalized spacial score (nSPS) is 26.2. The molecule has 0 saturated carbocycles. The quantitative estimate of drug-likeness (QED) is 0.777. The molecule has 1 aromatic heterocycles. The van der Waals surface area contributed by atoms with Gasteiger partial charge in [-0.1, -0.05) is 20.8 Å². The van der Waals surface area contributed by atoms with Crippen LogP contribution >= 0.6 is 11.6 Å². The molecule has 2 heterocycles. The van der Waals surface area contributed by atoms with Crippen LogP contribution in [0.15, 0.2) is 0 Å². The highest BCUT2D eigenvalue weighted by Crippen LogP contribution is 2.32. The van der Waals surface area contributed by atoms with E-state index in [4.69, 9.17) is 16.3 Å². The van der Waals surface area contributed by atoms with Crippen LogP contribution in [0.3, 0.4) is 0 Å². The number of hydrogen-bond acceptors (Lipinski definition) is 3. The van der Waals surface area contributed by atoms with E-state index in [0.29, 0.717) is 11.3 Å². The van der Waals surface area contributed by atoms with Crippen molar-refractivity contribution in [2.75, 3.05) is 6.61 Å². The van der Waals surface area contributed by atoms with Crippen molar-refractivity contribution in [1.82, 2.24) is 14.8 Å². The first-order chi connectivity index (χ1) is 7.89. The van der Waals surface area contributed by atoms with Gasteiger partial charge in [0.1, 0.15) is 5.82 Å². The summed E-state index contributed by atoms with van der Waals surface area (Å²) in [6.45, 7) is 9.27. The van der Waals surface area contributed by atoms with Crippen LogP contribution in [0.4, 0.5) is 0 Å². The van der Waals surface area contributed by atoms with Gasteiger partial charge in [-0.15, -0.1) is 10.2 Å². The first-order valence-corrected chi connectivity index (χ1v) is 6.50. The summed E-state index contributed by atoms with van der Waals surface area (Å²) in [7, 11) is 0. The number of nitrogens with zero attached hydrogens (tertiary/aromatic N) is 3. The molecule has 1 aromatic rings. The standard InChI is InChI=1S/C12H20ClN3O/c1-8-7-9(5-6-17-8)16-10(12(2,3)4)14-15-11(16)13/h8-9H,5-7H2,1-4H3. The van der Waals surface area contributed by atoms with Crippen LogP contribution in [0, 0.1) is 0 Å². The third-order valence-corrected chi connectivity index (χ3v) is 3.41. The van der Waals surface area contributed by atoms with Crippen molar-refractivity contribution in [3.05, 3.63) is 11.1 Å². The molecule has 96 valence electrons. The van der Waals surface area contributed by atoms with Crippen molar-refractivity contribution >= 4 is 11.6 Å². The predicted octanol–water partition coefficient (Wildman–Crippen LogP) is 2.97. The van der Waals surface area contributed by atoms with Gasteiger partial charge in [0.05, 0.1) is 6.10 Å². The molecule has 0 bridgehead atoms. The van der Waals surface area contributed by atoms with Gasteiger partial charge in [0, 0.05) is 18.1 Å². The number of hydrogen-bond donors (Lipinski definition) is 0. The van der Waals surface area contributed by atoms with E-state index in [1.807, 2.05) is 0 Å². The first-order valence-electron chi connectivity index (χ1n) is 6.12. The maximum Gasteiger partial charge on any atom is 0.225 e. The van der Waals surface area contributed by atoms with E-state index < -0.39 is 0 Å². The average Bonchev–Trinajstić information content (AvgIpc) is 2.59. The summed E-state index contributed by atoms with van der Waals surface area (Å²) in [5.41, 5.74) is -0.0400. The lowest BCUT2D eigenvalue weighted by Gasteiger charge is -2.31. The topological polar surface area (TPSA) is 39.9 Å². The molecule has 17 heavy (non-hydrogen) atoms. The maximum atomic E-state index is 6.18. The Bertz CT molecular complexity index is 397. The third kappa shape index (κ3) is 2.63. The Labute approximate surface area is 107 Å². The summed E-state index contributed by atoms with van der Waals surface area (Å²) in [4.78, 5) is 0. The molecule has 1 aliphatic rings. The molecule has 2 unspecified atom stereocenters. The minimum Gasteiger partial charge on any atom is -0.378 e. The molecule has 0 aliphatic carbocycles. The van der Waals surface area contributed by atoms with Crippen molar-refractivity contribution in [3.63, 3.8) is 0 Å². The number of rotatable bonds is 1. The van der Waals surface area contributed by atoms with E-state index in [0.717, 1.165) is 25.3 Å². The van der Waals surface area contributed by atoms with Crippen LogP contribution in [0.25, 0.3) is 0 Å². The number of aromatic nitrogens is 3. The van der Waals surface area contributed by atoms with Crippen LogP contribution in [-0.2, 0) is 10.2 Å². The summed E-state index contributed by atoms with van der Waals surface area (Å²) in [6, 6.07) is 0.357. The Morgan fingerprint density at radius 2 is 2.06 bits per heavy atom. The Morgan fingerprint density at radius 1 is 1.35 bits per heavy atom. The Hall–Kier alpha value is -0.610. The zero-order valence-electron chi connectivity index (χ0n) is 10.9. The monoisotopic (exact) mass is 257 g/mol. The highest BCUT2D eigenvalue weighted by Gasteiger charge is 2.30. The summed E-state index contributed by atoms with van der Waals surface area (Å²) in [5, 5.41) is 8.74. The minimum absolute atomic E-state index is 0.0400. The molecule has 0 amide bonds. The molecule has 4 nitrogen and oxygen atoms in total. The molecule has 2 atom stereocenters. The van der Waals surface area contributed by atoms with Crippen molar-refractivity contribution in [1.29, 1.82) is 0 Å². The highest BCUT2D eigenvalue weighted by atomic mass is 35.5. The van der Waals surface area contributed by atoms with E-state index in [1.54, 1.807) is 0 Å². The van der Waals surface area contributed by atoms with E-state index in [-0.39, 0.29) is 11.5 Å². The Balaban J connectivity index is 2.33. The van der Waals surface area contributed by atoms with Crippen LogP contribution < -0.4 is 0 Å². The molecule has 2 rings (SSSR count). The fourth-order valence-electron chi connectivity index (χ4n) is 2.32. The molecule has 1 saturated heterocycles. The smallest absolute Gasteiger partial charge is 0.225 e. The van der Waals surface area contributed by atoms with Crippen LogP contribution in [0.5, 0.6) is 0 Å². The van der Waals surface area contributed by atoms with Crippen LogP contribution in [-0.4, -0.2) is 27.5 Å². The summed E-state index contributed by atoms with van der Waals surface area (Å²) < 4.78 is 7.66. The minimum atomic E-state index is -0.0400. The molecule has 0 aromatic carbocycles. The maximum absolute atomic E-state index is 6.18. The summed E-state index contributed by atoms with van der Waals surface area (Å²) in [5.74, 6) is 0.960. The number of halogens is 1. The second kappa shape index (κ2) is 4.58. The van der Waals surface area contributed by atoms with Gasteiger partial charge >= 0.3 is 0 Å². The van der Waals surface area contributed by atoms with Gasteiger partial charge < -0.3 is 4.74 Å². The Kier molecular flexibility index (Phi) is 3.46. The van der Waals surface area contributed by atoms with E-state index in [9.17, 15) is 0 Å². The largest absolute Gasteiger partial charge is 0.378 e.